The Morgan fingerprint density at radius 3 is 3.11 bits per heavy atom. The van der Waals surface area contributed by atoms with Gasteiger partial charge < -0.3 is 9.84 Å². The molecule has 0 radical (unpaired) electrons. The number of fused-ring (bicyclic) bond motifs is 1. The van der Waals surface area contributed by atoms with Gasteiger partial charge in [0.2, 0.25) is 5.91 Å². The van der Waals surface area contributed by atoms with Gasteiger partial charge in [-0.3, -0.25) is 4.79 Å². The van der Waals surface area contributed by atoms with E-state index in [0.29, 0.717) is 11.7 Å². The van der Waals surface area contributed by atoms with Crippen molar-refractivity contribution in [2.75, 3.05) is 7.05 Å². The van der Waals surface area contributed by atoms with Crippen molar-refractivity contribution in [3.8, 4) is 10.8 Å². The van der Waals surface area contributed by atoms with Crippen molar-refractivity contribution in [1.82, 2.24) is 15.5 Å². The second-order valence-corrected chi connectivity index (χ2v) is 5.77. The average Bonchev–Trinajstić information content (AvgIpc) is 3.04. The number of nitrogens with zero attached hydrogens (tertiary/aromatic N) is 2. The molecule has 0 saturated heterocycles. The number of hydrogen-bond donors (Lipinski definition) is 1. The maximum absolute atomic E-state index is 11.3. The molecule has 0 aromatic carbocycles. The van der Waals surface area contributed by atoms with Crippen molar-refractivity contribution in [2.24, 2.45) is 0 Å². The summed E-state index contributed by atoms with van der Waals surface area (Å²) in [7, 11) is 1.59. The number of nitrogens with one attached hydrogen (secondary N) is 1. The van der Waals surface area contributed by atoms with Gasteiger partial charge in [0.25, 0.3) is 5.89 Å². The monoisotopic (exact) mass is 277 g/mol. The first-order chi connectivity index (χ1) is 9.26. The molecule has 2 heterocycles. The third-order valence-electron chi connectivity index (χ3n) is 3.27. The van der Waals surface area contributed by atoms with Crippen molar-refractivity contribution in [3.63, 3.8) is 0 Å². The number of aromatic nitrogens is 2. The van der Waals surface area contributed by atoms with E-state index in [1.165, 1.54) is 23.3 Å². The van der Waals surface area contributed by atoms with Crippen LogP contribution in [0.2, 0.25) is 0 Å². The van der Waals surface area contributed by atoms with Crippen molar-refractivity contribution < 1.29 is 9.32 Å². The van der Waals surface area contributed by atoms with Gasteiger partial charge in [0.05, 0.1) is 11.3 Å². The Morgan fingerprint density at radius 2 is 2.32 bits per heavy atom. The first kappa shape index (κ1) is 12.3. The molecule has 19 heavy (non-hydrogen) atoms. The lowest BCUT2D eigenvalue weighted by Crippen LogP contribution is -2.20. The van der Waals surface area contributed by atoms with Crippen LogP contribution in [-0.2, 0) is 24.1 Å². The highest BCUT2D eigenvalue weighted by Gasteiger charge is 2.18. The van der Waals surface area contributed by atoms with Crippen LogP contribution in [0.3, 0.4) is 0 Å². The van der Waals surface area contributed by atoms with Gasteiger partial charge in [-0.15, -0.1) is 11.3 Å². The summed E-state index contributed by atoms with van der Waals surface area (Å²) < 4.78 is 5.24. The highest BCUT2D eigenvalue weighted by molar-refractivity contribution is 7.15. The van der Waals surface area contributed by atoms with E-state index in [1.807, 2.05) is 0 Å². The highest BCUT2D eigenvalue weighted by atomic mass is 32.1. The maximum Gasteiger partial charge on any atom is 0.268 e. The van der Waals surface area contributed by atoms with E-state index in [0.717, 1.165) is 17.7 Å². The molecule has 0 spiro atoms. The smallest absolute Gasteiger partial charge is 0.268 e. The van der Waals surface area contributed by atoms with E-state index >= 15 is 0 Å². The lowest BCUT2D eigenvalue weighted by Gasteiger charge is -2.08. The minimum absolute atomic E-state index is 0.113. The van der Waals surface area contributed by atoms with E-state index in [1.54, 1.807) is 18.4 Å². The van der Waals surface area contributed by atoms with Crippen LogP contribution in [0.5, 0.6) is 0 Å². The zero-order valence-electron chi connectivity index (χ0n) is 10.7. The second-order valence-electron chi connectivity index (χ2n) is 4.63. The van der Waals surface area contributed by atoms with Crippen molar-refractivity contribution in [3.05, 3.63) is 22.3 Å². The van der Waals surface area contributed by atoms with E-state index in [2.05, 4.69) is 21.5 Å². The molecule has 0 atom stereocenters. The maximum atomic E-state index is 11.3. The Hall–Kier alpha value is -1.69. The number of carbonyl (C=O) groups is 1. The van der Waals surface area contributed by atoms with Gasteiger partial charge in [0.15, 0.2) is 5.82 Å². The van der Waals surface area contributed by atoms with Crippen LogP contribution >= 0.6 is 11.3 Å². The molecule has 1 aliphatic rings. The molecule has 0 saturated carbocycles. The quantitative estimate of drug-likeness (QED) is 0.931. The fourth-order valence-electron chi connectivity index (χ4n) is 2.25. The number of thiophene rings is 1. The van der Waals surface area contributed by atoms with Gasteiger partial charge in [-0.05, 0) is 37.3 Å². The van der Waals surface area contributed by atoms with Crippen molar-refractivity contribution >= 4 is 17.2 Å². The molecule has 100 valence electrons. The Balaban J connectivity index is 1.82. The van der Waals surface area contributed by atoms with E-state index < -0.39 is 0 Å². The van der Waals surface area contributed by atoms with Gasteiger partial charge in [-0.1, -0.05) is 5.16 Å². The Bertz CT molecular complexity index is 579. The van der Waals surface area contributed by atoms with Crippen LogP contribution in [0.25, 0.3) is 10.8 Å². The standard InChI is InChI=1S/C13H15N3O2S/c1-14-12(17)7-11-15-13(18-16-11)10-6-8-4-2-3-5-9(8)19-10/h6H,2-5,7H2,1H3,(H,14,17). The molecule has 3 rings (SSSR count). The normalized spacial score (nSPS) is 14.2. The van der Waals surface area contributed by atoms with Gasteiger partial charge in [-0.2, -0.15) is 4.98 Å². The van der Waals surface area contributed by atoms with Crippen LogP contribution in [0.4, 0.5) is 0 Å². The zero-order valence-corrected chi connectivity index (χ0v) is 11.5. The summed E-state index contributed by atoms with van der Waals surface area (Å²) in [6.45, 7) is 0. The number of rotatable bonds is 3. The van der Waals surface area contributed by atoms with Gasteiger partial charge in [-0.25, -0.2) is 0 Å². The summed E-state index contributed by atoms with van der Waals surface area (Å²) in [6.07, 6.45) is 4.98. The first-order valence-corrected chi connectivity index (χ1v) is 7.23. The molecule has 0 fully saturated rings. The number of likely N-dealkylation sites (N-methyl/N-ethyl adjacent to an activating group) is 1. The van der Waals surface area contributed by atoms with E-state index in [9.17, 15) is 4.79 Å². The third kappa shape index (κ3) is 2.53. The number of amides is 1. The van der Waals surface area contributed by atoms with Crippen LogP contribution in [0.15, 0.2) is 10.6 Å². The number of aryl methyl sites for hydroxylation is 2. The number of carbonyl (C=O) groups excluding carboxylic acids is 1. The molecule has 1 aliphatic carbocycles. The molecule has 0 bridgehead atoms. The Labute approximate surface area is 115 Å². The summed E-state index contributed by atoms with van der Waals surface area (Å²) in [6, 6.07) is 2.15. The predicted molar refractivity (Wildman–Crippen MR) is 72.0 cm³/mol. The highest BCUT2D eigenvalue weighted by Crippen LogP contribution is 2.34. The molecule has 2 aromatic rings. The minimum Gasteiger partial charge on any atom is -0.359 e. The molecule has 1 amide bonds. The van der Waals surface area contributed by atoms with Gasteiger partial charge in [0.1, 0.15) is 0 Å². The summed E-state index contributed by atoms with van der Waals surface area (Å²) in [5.41, 5.74) is 1.41. The summed E-state index contributed by atoms with van der Waals surface area (Å²) >= 11 is 1.73. The molecule has 0 unspecified atom stereocenters. The zero-order chi connectivity index (χ0) is 13.2. The van der Waals surface area contributed by atoms with Crippen LogP contribution in [0, 0.1) is 0 Å². The van der Waals surface area contributed by atoms with Crippen LogP contribution in [0.1, 0.15) is 29.1 Å². The fourth-order valence-corrected chi connectivity index (χ4v) is 3.43. The second kappa shape index (κ2) is 5.13. The number of hydrogen-bond acceptors (Lipinski definition) is 5. The van der Waals surface area contributed by atoms with Gasteiger partial charge in [0, 0.05) is 11.9 Å². The minimum atomic E-state index is -0.113. The summed E-state index contributed by atoms with van der Waals surface area (Å²) in [4.78, 5) is 18.0. The molecule has 2 aromatic heterocycles. The average molecular weight is 277 g/mol. The third-order valence-corrected chi connectivity index (χ3v) is 4.50. The van der Waals surface area contributed by atoms with Gasteiger partial charge >= 0.3 is 0 Å². The topological polar surface area (TPSA) is 68.0 Å². The first-order valence-electron chi connectivity index (χ1n) is 6.41. The lowest BCUT2D eigenvalue weighted by atomic mass is 9.99. The molecule has 1 N–H and O–H groups in total. The SMILES string of the molecule is CNC(=O)Cc1noc(-c2cc3c(s2)CCCC3)n1. The molecule has 0 aliphatic heterocycles. The molecule has 5 nitrogen and oxygen atoms in total. The Kier molecular flexibility index (Phi) is 3.33. The molecular weight excluding hydrogens is 262 g/mol. The largest absolute Gasteiger partial charge is 0.359 e. The fraction of sp³-hybridized carbons (Fsp3) is 0.462. The van der Waals surface area contributed by atoms with Crippen LogP contribution in [-0.4, -0.2) is 23.1 Å². The lowest BCUT2D eigenvalue weighted by molar-refractivity contribution is -0.120. The van der Waals surface area contributed by atoms with E-state index in [-0.39, 0.29) is 12.3 Å². The Morgan fingerprint density at radius 1 is 1.47 bits per heavy atom. The molecular formula is C13H15N3O2S. The van der Waals surface area contributed by atoms with Crippen molar-refractivity contribution in [1.29, 1.82) is 0 Å². The predicted octanol–water partition coefficient (Wildman–Crippen LogP) is 1.97. The molecule has 6 heteroatoms. The van der Waals surface area contributed by atoms with Crippen molar-refractivity contribution in [2.45, 2.75) is 32.1 Å². The van der Waals surface area contributed by atoms with Crippen LogP contribution < -0.4 is 5.32 Å². The van der Waals surface area contributed by atoms with E-state index in [4.69, 9.17) is 4.52 Å². The summed E-state index contributed by atoms with van der Waals surface area (Å²) in [5.74, 6) is 0.844. The summed E-state index contributed by atoms with van der Waals surface area (Å²) in [5, 5.41) is 6.39.